The minimum atomic E-state index is -0.181. The number of hydrogen-bond acceptors (Lipinski definition) is 4. The molecule has 13 heavy (non-hydrogen) atoms. The fourth-order valence-corrected chi connectivity index (χ4v) is 0.893. The molecule has 0 bridgehead atoms. The second kappa shape index (κ2) is 5.21. The van der Waals surface area contributed by atoms with Gasteiger partial charge in [0.1, 0.15) is 5.82 Å². The SMILES string of the molecule is C=CCc1c(O)nc(C)nc1O.[NaH]. The van der Waals surface area contributed by atoms with Crippen molar-refractivity contribution in [2.24, 2.45) is 0 Å². The zero-order valence-corrected chi connectivity index (χ0v) is 6.78. The van der Waals surface area contributed by atoms with Crippen molar-refractivity contribution < 1.29 is 10.2 Å². The summed E-state index contributed by atoms with van der Waals surface area (Å²) in [4.78, 5) is 7.38. The van der Waals surface area contributed by atoms with E-state index in [1.54, 1.807) is 13.0 Å². The summed E-state index contributed by atoms with van der Waals surface area (Å²) in [6.45, 7) is 5.08. The molecular weight excluding hydrogens is 179 g/mol. The molecule has 1 heterocycles. The number of aryl methyl sites for hydroxylation is 1. The molecule has 0 spiro atoms. The molecule has 0 radical (unpaired) electrons. The van der Waals surface area contributed by atoms with Crippen LogP contribution in [0.15, 0.2) is 12.7 Å². The third-order valence-corrected chi connectivity index (χ3v) is 1.42. The Morgan fingerprint density at radius 2 is 1.77 bits per heavy atom. The van der Waals surface area contributed by atoms with Gasteiger partial charge in [-0.25, -0.2) is 0 Å². The second-order valence-corrected chi connectivity index (χ2v) is 2.39. The first-order chi connectivity index (χ1) is 5.65. The molecular formula is C8H11N2NaO2. The van der Waals surface area contributed by atoms with Crippen molar-refractivity contribution in [1.29, 1.82) is 0 Å². The molecule has 0 saturated carbocycles. The van der Waals surface area contributed by atoms with Crippen LogP contribution in [0.5, 0.6) is 11.8 Å². The fourth-order valence-electron chi connectivity index (χ4n) is 0.893. The Bertz CT molecular complexity index is 292. The summed E-state index contributed by atoms with van der Waals surface area (Å²) in [7, 11) is 0. The summed E-state index contributed by atoms with van der Waals surface area (Å²) in [6, 6.07) is 0. The van der Waals surface area contributed by atoms with E-state index < -0.39 is 0 Å². The molecule has 2 N–H and O–H groups in total. The zero-order valence-electron chi connectivity index (χ0n) is 6.78. The molecule has 0 unspecified atom stereocenters. The fraction of sp³-hybridized carbons (Fsp3) is 0.250. The Morgan fingerprint density at radius 3 is 2.15 bits per heavy atom. The van der Waals surface area contributed by atoms with Crippen LogP contribution in [0.25, 0.3) is 0 Å². The van der Waals surface area contributed by atoms with Gasteiger partial charge in [-0.15, -0.1) is 6.58 Å². The van der Waals surface area contributed by atoms with Crippen molar-refractivity contribution in [3.63, 3.8) is 0 Å². The van der Waals surface area contributed by atoms with Gasteiger partial charge in [0, 0.05) is 6.42 Å². The topological polar surface area (TPSA) is 66.2 Å². The Kier molecular flexibility index (Phi) is 4.98. The predicted octanol–water partition coefficient (Wildman–Crippen LogP) is 0.276. The molecule has 4 nitrogen and oxygen atoms in total. The van der Waals surface area contributed by atoms with Crippen LogP contribution in [0.1, 0.15) is 11.4 Å². The van der Waals surface area contributed by atoms with Crippen molar-refractivity contribution in [1.82, 2.24) is 9.97 Å². The Balaban J connectivity index is 0.00000144. The van der Waals surface area contributed by atoms with Gasteiger partial charge in [-0.3, -0.25) is 0 Å². The molecule has 0 aliphatic heterocycles. The molecule has 0 atom stereocenters. The number of nitrogens with zero attached hydrogens (tertiary/aromatic N) is 2. The van der Waals surface area contributed by atoms with Gasteiger partial charge in [-0.1, -0.05) is 6.08 Å². The van der Waals surface area contributed by atoms with Crippen LogP contribution in [0.4, 0.5) is 0 Å². The number of hydrogen-bond donors (Lipinski definition) is 2. The molecule has 5 heteroatoms. The van der Waals surface area contributed by atoms with Crippen LogP contribution in [0.2, 0.25) is 0 Å². The number of rotatable bonds is 2. The minimum absolute atomic E-state index is 0. The molecule has 1 rings (SSSR count). The number of aromatic hydroxyl groups is 2. The third-order valence-electron chi connectivity index (χ3n) is 1.42. The van der Waals surface area contributed by atoms with Crippen molar-refractivity contribution in [3.05, 3.63) is 24.0 Å². The maximum absolute atomic E-state index is 9.24. The van der Waals surface area contributed by atoms with Crippen LogP contribution >= 0.6 is 0 Å². The van der Waals surface area contributed by atoms with Crippen LogP contribution in [-0.4, -0.2) is 49.7 Å². The van der Waals surface area contributed by atoms with Gasteiger partial charge in [0.05, 0.1) is 5.56 Å². The first kappa shape index (κ1) is 12.4. The molecule has 0 aliphatic rings. The van der Waals surface area contributed by atoms with Gasteiger partial charge in [0.15, 0.2) is 0 Å². The van der Waals surface area contributed by atoms with Gasteiger partial charge < -0.3 is 10.2 Å². The summed E-state index contributed by atoms with van der Waals surface area (Å²) < 4.78 is 0. The van der Waals surface area contributed by atoms with Gasteiger partial charge in [0.2, 0.25) is 11.8 Å². The van der Waals surface area contributed by atoms with E-state index in [9.17, 15) is 10.2 Å². The number of aromatic nitrogens is 2. The van der Waals surface area contributed by atoms with Gasteiger partial charge in [-0.05, 0) is 6.92 Å². The molecule has 0 aliphatic carbocycles. The molecule has 1 aromatic rings. The maximum atomic E-state index is 9.24. The van der Waals surface area contributed by atoms with Crippen LogP contribution in [-0.2, 0) is 6.42 Å². The normalized spacial score (nSPS) is 9.00. The monoisotopic (exact) mass is 190 g/mol. The second-order valence-electron chi connectivity index (χ2n) is 2.39. The van der Waals surface area contributed by atoms with Gasteiger partial charge in [0.25, 0.3) is 0 Å². The van der Waals surface area contributed by atoms with E-state index in [0.717, 1.165) is 0 Å². The summed E-state index contributed by atoms with van der Waals surface area (Å²) >= 11 is 0. The molecule has 0 fully saturated rings. The first-order valence-electron chi connectivity index (χ1n) is 3.51. The summed E-state index contributed by atoms with van der Waals surface area (Å²) in [5.74, 6) is -0.0161. The van der Waals surface area contributed by atoms with E-state index in [0.29, 0.717) is 17.8 Å². The standard InChI is InChI=1S/C8H10N2O2.Na.H/c1-3-4-6-7(11)9-5(2)10-8(6)12;;/h3H,1,4H2,2H3,(H2,9,10,11,12);;. The summed E-state index contributed by atoms with van der Waals surface area (Å²) in [6.07, 6.45) is 1.92. The summed E-state index contributed by atoms with van der Waals surface area (Å²) in [5, 5.41) is 18.5. The molecule has 1 aromatic heterocycles. The molecule has 66 valence electrons. The average molecular weight is 190 g/mol. The number of allylic oxidation sites excluding steroid dienone is 1. The quantitative estimate of drug-likeness (QED) is 0.519. The van der Waals surface area contributed by atoms with E-state index >= 15 is 0 Å². The van der Waals surface area contributed by atoms with Crippen molar-refractivity contribution >= 4 is 29.6 Å². The van der Waals surface area contributed by atoms with E-state index in [2.05, 4.69) is 16.5 Å². The van der Waals surface area contributed by atoms with E-state index in [-0.39, 0.29) is 41.3 Å². The Labute approximate surface area is 98.6 Å². The van der Waals surface area contributed by atoms with Crippen molar-refractivity contribution in [3.8, 4) is 11.8 Å². The molecule has 0 aromatic carbocycles. The third kappa shape index (κ3) is 2.99. The average Bonchev–Trinajstić information content (AvgIpc) is 1.96. The zero-order chi connectivity index (χ0) is 9.14. The van der Waals surface area contributed by atoms with E-state index in [4.69, 9.17) is 0 Å². The van der Waals surface area contributed by atoms with Gasteiger partial charge in [-0.2, -0.15) is 9.97 Å². The van der Waals surface area contributed by atoms with Crippen molar-refractivity contribution in [2.45, 2.75) is 13.3 Å². The Hall–Kier alpha value is -0.580. The Morgan fingerprint density at radius 1 is 1.31 bits per heavy atom. The van der Waals surface area contributed by atoms with E-state index in [1.165, 1.54) is 0 Å². The van der Waals surface area contributed by atoms with Gasteiger partial charge >= 0.3 is 29.6 Å². The van der Waals surface area contributed by atoms with Crippen LogP contribution in [0.3, 0.4) is 0 Å². The molecule has 0 saturated heterocycles. The molecule has 0 amide bonds. The first-order valence-corrected chi connectivity index (χ1v) is 3.51. The van der Waals surface area contributed by atoms with E-state index in [1.807, 2.05) is 0 Å². The van der Waals surface area contributed by atoms with Crippen molar-refractivity contribution in [2.75, 3.05) is 0 Å². The van der Waals surface area contributed by atoms with Crippen LogP contribution in [0, 0.1) is 6.92 Å². The predicted molar refractivity (Wildman–Crippen MR) is 51.1 cm³/mol. The summed E-state index contributed by atoms with van der Waals surface area (Å²) in [5.41, 5.74) is 0.315. The van der Waals surface area contributed by atoms with Crippen LogP contribution < -0.4 is 0 Å².